The van der Waals surface area contributed by atoms with Gasteiger partial charge in [0.15, 0.2) is 0 Å². The number of benzene rings is 1. The van der Waals surface area contributed by atoms with Gasteiger partial charge in [0.1, 0.15) is 0 Å². The molecule has 0 amide bonds. The summed E-state index contributed by atoms with van der Waals surface area (Å²) in [5, 5.41) is 8.46. The number of hydrogen-bond acceptors (Lipinski definition) is 3. The third-order valence-electron chi connectivity index (χ3n) is 2.71. The molecule has 0 fully saturated rings. The standard InChI is InChI=1S/C14H17NS.C2HF3O2/c1-10(2)7-13-9-11-8-12(15(3)4)5-6-14(11)16-13;3-2(4,5)1(6)7/h5-9H,1-4H3;(H,6,7). The average molecular weight is 345 g/mol. The van der Waals surface area contributed by atoms with Crippen molar-refractivity contribution < 1.29 is 23.1 Å². The van der Waals surface area contributed by atoms with Crippen LogP contribution >= 0.6 is 11.3 Å². The molecule has 0 aliphatic carbocycles. The van der Waals surface area contributed by atoms with Crippen LogP contribution in [0, 0.1) is 0 Å². The molecule has 0 unspecified atom stereocenters. The zero-order valence-corrected chi connectivity index (χ0v) is 14.0. The van der Waals surface area contributed by atoms with Gasteiger partial charge in [0.25, 0.3) is 0 Å². The molecular weight excluding hydrogens is 327 g/mol. The second kappa shape index (κ2) is 7.50. The highest BCUT2D eigenvalue weighted by Crippen LogP contribution is 2.30. The molecule has 1 aromatic carbocycles. The Morgan fingerprint density at radius 3 is 2.22 bits per heavy atom. The Labute approximate surface area is 136 Å². The van der Waals surface area contributed by atoms with Crippen LogP contribution in [0.25, 0.3) is 16.2 Å². The molecule has 23 heavy (non-hydrogen) atoms. The smallest absolute Gasteiger partial charge is 0.475 e. The molecule has 1 N–H and O–H groups in total. The predicted molar refractivity (Wildman–Crippen MR) is 89.2 cm³/mol. The lowest BCUT2D eigenvalue weighted by atomic mass is 10.2. The number of anilines is 1. The van der Waals surface area contributed by atoms with E-state index < -0.39 is 12.1 Å². The highest BCUT2D eigenvalue weighted by atomic mass is 32.1. The van der Waals surface area contributed by atoms with Gasteiger partial charge in [-0.1, -0.05) is 5.57 Å². The number of alkyl halides is 3. The zero-order chi connectivity index (χ0) is 17.8. The molecule has 2 aromatic rings. The molecule has 3 nitrogen and oxygen atoms in total. The lowest BCUT2D eigenvalue weighted by Gasteiger charge is -2.11. The highest BCUT2D eigenvalue weighted by molar-refractivity contribution is 7.19. The topological polar surface area (TPSA) is 40.5 Å². The van der Waals surface area contributed by atoms with Crippen LogP contribution in [0.5, 0.6) is 0 Å². The van der Waals surface area contributed by atoms with E-state index in [1.54, 1.807) is 0 Å². The monoisotopic (exact) mass is 345 g/mol. The van der Waals surface area contributed by atoms with Crippen molar-refractivity contribution in [2.45, 2.75) is 20.0 Å². The summed E-state index contributed by atoms with van der Waals surface area (Å²) in [6.45, 7) is 4.27. The Hall–Kier alpha value is -2.02. The van der Waals surface area contributed by atoms with E-state index in [1.165, 1.54) is 26.2 Å². The summed E-state index contributed by atoms with van der Waals surface area (Å²) in [6, 6.07) is 8.89. The fraction of sp³-hybridized carbons (Fsp3) is 0.312. The number of aliphatic carboxylic acids is 1. The quantitative estimate of drug-likeness (QED) is 0.830. The molecule has 0 aliphatic rings. The minimum Gasteiger partial charge on any atom is -0.475 e. The molecule has 0 bridgehead atoms. The van der Waals surface area contributed by atoms with Crippen molar-refractivity contribution in [2.24, 2.45) is 0 Å². The summed E-state index contributed by atoms with van der Waals surface area (Å²) in [4.78, 5) is 12.4. The van der Waals surface area contributed by atoms with E-state index in [9.17, 15) is 13.2 Å². The van der Waals surface area contributed by atoms with Gasteiger partial charge in [-0.3, -0.25) is 0 Å². The number of nitrogens with zero attached hydrogens (tertiary/aromatic N) is 1. The van der Waals surface area contributed by atoms with Crippen LogP contribution < -0.4 is 4.90 Å². The van der Waals surface area contributed by atoms with E-state index >= 15 is 0 Å². The van der Waals surface area contributed by atoms with Crippen molar-refractivity contribution in [3.05, 3.63) is 34.7 Å². The van der Waals surface area contributed by atoms with Gasteiger partial charge in [-0.25, -0.2) is 4.79 Å². The molecule has 0 atom stereocenters. The van der Waals surface area contributed by atoms with E-state index in [1.807, 2.05) is 11.3 Å². The second-order valence-electron chi connectivity index (χ2n) is 5.29. The van der Waals surface area contributed by atoms with Crippen molar-refractivity contribution in [3.8, 4) is 0 Å². The fourth-order valence-electron chi connectivity index (χ4n) is 1.69. The first kappa shape index (κ1) is 19.0. The Balaban J connectivity index is 0.000000322. The first-order chi connectivity index (χ1) is 10.5. The Kier molecular flexibility index (Phi) is 6.20. The summed E-state index contributed by atoms with van der Waals surface area (Å²) in [5.74, 6) is -2.76. The number of carboxylic acids is 1. The molecule has 1 aromatic heterocycles. The second-order valence-corrected chi connectivity index (χ2v) is 6.41. The van der Waals surface area contributed by atoms with E-state index in [4.69, 9.17) is 9.90 Å². The molecule has 0 spiro atoms. The van der Waals surface area contributed by atoms with E-state index in [0.29, 0.717) is 0 Å². The van der Waals surface area contributed by atoms with Crippen LogP contribution in [0.3, 0.4) is 0 Å². The number of thiophene rings is 1. The molecule has 0 saturated carbocycles. The van der Waals surface area contributed by atoms with Crippen LogP contribution in [0.4, 0.5) is 18.9 Å². The van der Waals surface area contributed by atoms with Gasteiger partial charge in [-0.05, 0) is 49.6 Å². The highest BCUT2D eigenvalue weighted by Gasteiger charge is 2.38. The number of halogens is 3. The van der Waals surface area contributed by atoms with Gasteiger partial charge in [0, 0.05) is 29.4 Å². The van der Waals surface area contributed by atoms with Gasteiger partial charge in [-0.2, -0.15) is 13.2 Å². The lowest BCUT2D eigenvalue weighted by molar-refractivity contribution is -0.192. The number of carbonyl (C=O) groups is 1. The maximum Gasteiger partial charge on any atom is 0.490 e. The van der Waals surface area contributed by atoms with Crippen LogP contribution in [-0.4, -0.2) is 31.3 Å². The number of rotatable bonds is 2. The minimum absolute atomic E-state index is 1.26. The van der Waals surface area contributed by atoms with Crippen LogP contribution in [0.1, 0.15) is 18.7 Å². The Bertz CT molecular complexity index is 714. The van der Waals surface area contributed by atoms with Gasteiger partial charge in [0.2, 0.25) is 0 Å². The normalized spacial score (nSPS) is 10.7. The summed E-state index contributed by atoms with van der Waals surface area (Å²) < 4.78 is 33.1. The van der Waals surface area contributed by atoms with Crippen LogP contribution in [-0.2, 0) is 4.79 Å². The number of allylic oxidation sites excluding steroid dienone is 1. The average Bonchev–Trinajstić information content (AvgIpc) is 2.78. The number of carboxylic acid groups (broad SMARTS) is 1. The third kappa shape index (κ3) is 5.94. The minimum atomic E-state index is -5.08. The van der Waals surface area contributed by atoms with Crippen LogP contribution in [0.15, 0.2) is 29.8 Å². The molecule has 0 aliphatic heterocycles. The molecule has 126 valence electrons. The number of fused-ring (bicyclic) bond motifs is 1. The molecule has 7 heteroatoms. The molecule has 0 saturated heterocycles. The summed E-state index contributed by atoms with van der Waals surface area (Å²) in [5.41, 5.74) is 2.61. The van der Waals surface area contributed by atoms with Crippen molar-refractivity contribution in [3.63, 3.8) is 0 Å². The van der Waals surface area contributed by atoms with Crippen molar-refractivity contribution in [2.75, 3.05) is 19.0 Å². The number of hydrogen-bond donors (Lipinski definition) is 1. The maximum atomic E-state index is 10.6. The zero-order valence-electron chi connectivity index (χ0n) is 13.2. The van der Waals surface area contributed by atoms with E-state index in [-0.39, 0.29) is 0 Å². The molecule has 1 heterocycles. The lowest BCUT2D eigenvalue weighted by Crippen LogP contribution is -2.21. The molecule has 2 rings (SSSR count). The molecule has 0 radical (unpaired) electrons. The maximum absolute atomic E-state index is 10.6. The molecular formula is C16H18F3NO2S. The fourth-order valence-corrected chi connectivity index (χ4v) is 2.79. The van der Waals surface area contributed by atoms with Crippen molar-refractivity contribution >= 4 is 39.2 Å². The largest absolute Gasteiger partial charge is 0.490 e. The van der Waals surface area contributed by atoms with Crippen molar-refractivity contribution in [1.82, 2.24) is 0 Å². The van der Waals surface area contributed by atoms with Gasteiger partial charge in [-0.15, -0.1) is 11.3 Å². The third-order valence-corrected chi connectivity index (χ3v) is 3.77. The Morgan fingerprint density at radius 2 is 1.78 bits per heavy atom. The van der Waals surface area contributed by atoms with Crippen LogP contribution in [0.2, 0.25) is 0 Å². The van der Waals surface area contributed by atoms with Crippen molar-refractivity contribution in [1.29, 1.82) is 0 Å². The first-order valence-corrected chi connectivity index (χ1v) is 7.48. The summed E-state index contributed by atoms with van der Waals surface area (Å²) >= 11 is 1.85. The van der Waals surface area contributed by atoms with Gasteiger partial charge in [0.05, 0.1) is 0 Å². The summed E-state index contributed by atoms with van der Waals surface area (Å²) in [6.07, 6.45) is -2.85. The van der Waals surface area contributed by atoms with E-state index in [2.05, 4.69) is 63.2 Å². The first-order valence-electron chi connectivity index (χ1n) is 6.66. The van der Waals surface area contributed by atoms with E-state index in [0.717, 1.165) is 0 Å². The predicted octanol–water partition coefficient (Wildman–Crippen LogP) is 5.02. The Morgan fingerprint density at radius 1 is 1.22 bits per heavy atom. The SMILES string of the molecule is CC(C)=Cc1cc2cc(N(C)C)ccc2s1.O=C(O)C(F)(F)F. The van der Waals surface area contributed by atoms with Gasteiger partial charge >= 0.3 is 12.1 Å². The summed E-state index contributed by atoms with van der Waals surface area (Å²) in [7, 11) is 4.15. The van der Waals surface area contributed by atoms with Gasteiger partial charge < -0.3 is 10.0 Å².